The van der Waals surface area contributed by atoms with Crippen LogP contribution in [0.25, 0.3) is 0 Å². The Hall–Kier alpha value is -2.22. The Labute approximate surface area is 235 Å². The highest BCUT2D eigenvalue weighted by Crippen LogP contribution is 2.76. The first-order valence-electron chi connectivity index (χ1n) is 15.5. The molecule has 1 aromatic heterocycles. The first kappa shape index (κ1) is 27.0. The van der Waals surface area contributed by atoms with Crippen LogP contribution in [0.3, 0.4) is 0 Å². The van der Waals surface area contributed by atoms with Gasteiger partial charge in [-0.15, -0.1) is 10.2 Å². The molecule has 0 radical (unpaired) electrons. The number of allylic oxidation sites excluding steroid dienone is 1. The molecule has 3 unspecified atom stereocenters. The Balaban J connectivity index is 1.34. The molecular formula is C34H48N4O. The van der Waals surface area contributed by atoms with Crippen LogP contribution in [0.2, 0.25) is 0 Å². The maximum Gasteiger partial charge on any atom is 0.163 e. The third-order valence-electron chi connectivity index (χ3n) is 14.1. The number of aldehydes is 1. The molecule has 4 saturated carbocycles. The highest BCUT2D eigenvalue weighted by molar-refractivity contribution is 5.62. The van der Waals surface area contributed by atoms with E-state index in [2.05, 4.69) is 69.3 Å². The van der Waals surface area contributed by atoms with Crippen molar-refractivity contribution in [2.24, 2.45) is 51.2 Å². The Kier molecular flexibility index (Phi) is 5.98. The summed E-state index contributed by atoms with van der Waals surface area (Å²) in [5.74, 6) is 3.75. The van der Waals surface area contributed by atoms with Gasteiger partial charge in [0.15, 0.2) is 11.5 Å². The second-order valence-corrected chi connectivity index (χ2v) is 15.5. The zero-order valence-electron chi connectivity index (χ0n) is 25.1. The van der Waals surface area contributed by atoms with Gasteiger partial charge in [0.25, 0.3) is 0 Å². The maximum absolute atomic E-state index is 12.7. The summed E-state index contributed by atoms with van der Waals surface area (Å²) < 4.78 is 0. The molecule has 6 rings (SSSR count). The largest absolute Gasteiger partial charge is 0.350 e. The van der Waals surface area contributed by atoms with Gasteiger partial charge in [-0.05, 0) is 137 Å². The van der Waals surface area contributed by atoms with Crippen LogP contribution in [0.15, 0.2) is 24.3 Å². The number of aromatic nitrogens is 2. The van der Waals surface area contributed by atoms with Gasteiger partial charge >= 0.3 is 0 Å². The van der Waals surface area contributed by atoms with Gasteiger partial charge in [0.05, 0.1) is 0 Å². The highest BCUT2D eigenvalue weighted by atomic mass is 16.1. The van der Waals surface area contributed by atoms with E-state index >= 15 is 0 Å². The number of fused-ring (bicyclic) bond motifs is 7. The molecular weight excluding hydrogens is 480 g/mol. The van der Waals surface area contributed by atoms with Crippen LogP contribution in [0.4, 0.5) is 5.82 Å². The number of carbonyl (C=O) groups excluding carboxylic acids is 1. The molecule has 0 amide bonds. The number of hydrogen-bond acceptors (Lipinski definition) is 5. The lowest BCUT2D eigenvalue weighted by molar-refractivity contribution is -0.225. The topological polar surface area (TPSA) is 69.9 Å². The van der Waals surface area contributed by atoms with Crippen molar-refractivity contribution in [3.63, 3.8) is 0 Å². The van der Waals surface area contributed by atoms with Gasteiger partial charge in [-0.25, -0.2) is 0 Å². The summed E-state index contributed by atoms with van der Waals surface area (Å²) in [6, 6.07) is 5.89. The van der Waals surface area contributed by atoms with E-state index in [1.165, 1.54) is 50.4 Å². The highest BCUT2D eigenvalue weighted by Gasteiger charge is 2.70. The van der Waals surface area contributed by atoms with Gasteiger partial charge in [-0.3, -0.25) is 0 Å². The predicted molar refractivity (Wildman–Crippen MR) is 155 cm³/mol. The normalized spacial score (nSPS) is 46.2. The fourth-order valence-corrected chi connectivity index (χ4v) is 12.0. The van der Waals surface area contributed by atoms with Crippen molar-refractivity contribution in [3.05, 3.63) is 30.0 Å². The standard InChI is InChI=1S/C34H48N4O/c1-22(2)24-12-15-34(21-39)17-16-32(6)25(29(24)34)9-10-27-31(5)18-19-38(28-11-8-23(20-35)36-37-28)30(3,4)26(31)13-14-33(27,32)7/h8,11,21,24-27,29H,1,9-10,12-19H2,2-7H3/t24?,25-,26+,27-,29?,31+,32-,33?,34-/m1/s1. The van der Waals surface area contributed by atoms with E-state index in [1.807, 2.05) is 6.07 Å². The average Bonchev–Trinajstić information content (AvgIpc) is 3.29. The summed E-state index contributed by atoms with van der Waals surface area (Å²) in [6.07, 6.45) is 12.1. The smallest absolute Gasteiger partial charge is 0.163 e. The van der Waals surface area contributed by atoms with Gasteiger partial charge in [-0.1, -0.05) is 32.9 Å². The second-order valence-electron chi connectivity index (χ2n) is 15.5. The van der Waals surface area contributed by atoms with Crippen LogP contribution >= 0.6 is 0 Å². The minimum absolute atomic E-state index is 0.0370. The first-order chi connectivity index (χ1) is 18.4. The number of rotatable bonds is 3. The number of piperidine rings is 1. The van der Waals surface area contributed by atoms with Crippen molar-refractivity contribution in [2.75, 3.05) is 11.4 Å². The first-order valence-corrected chi connectivity index (χ1v) is 15.5. The fourth-order valence-electron chi connectivity index (χ4n) is 12.0. The molecule has 1 aromatic rings. The van der Waals surface area contributed by atoms with E-state index < -0.39 is 0 Å². The van der Waals surface area contributed by atoms with Gasteiger partial charge < -0.3 is 9.69 Å². The summed E-state index contributed by atoms with van der Waals surface area (Å²) in [5, 5.41) is 17.8. The van der Waals surface area contributed by atoms with E-state index in [9.17, 15) is 10.1 Å². The Morgan fingerprint density at radius 2 is 1.74 bits per heavy atom. The SMILES string of the molecule is C=C(C)C1CC[C@]2(C=O)CC[C@]3(C)[C@H](CC[C@H]4C3(C)CC[C@H]3C(C)(C)N(c5ccc(C#N)nn5)CC[C@@]34C)C12. The Morgan fingerprint density at radius 3 is 2.38 bits per heavy atom. The molecule has 9 atom stereocenters. The number of hydrogen-bond donors (Lipinski definition) is 0. The summed E-state index contributed by atoms with van der Waals surface area (Å²) >= 11 is 0. The number of nitrogens with zero attached hydrogens (tertiary/aromatic N) is 4. The van der Waals surface area contributed by atoms with Crippen LogP contribution in [-0.2, 0) is 4.79 Å². The second kappa shape index (κ2) is 8.64. The van der Waals surface area contributed by atoms with Crippen LogP contribution in [0, 0.1) is 62.6 Å². The van der Waals surface area contributed by atoms with Crippen LogP contribution in [-0.4, -0.2) is 28.6 Å². The molecule has 0 aromatic carbocycles. The van der Waals surface area contributed by atoms with Crippen LogP contribution in [0.5, 0.6) is 0 Å². The molecule has 4 aliphatic carbocycles. The number of carbonyl (C=O) groups is 1. The van der Waals surface area contributed by atoms with Gasteiger partial charge in [0, 0.05) is 17.5 Å². The van der Waals surface area contributed by atoms with Crippen LogP contribution < -0.4 is 4.90 Å². The lowest BCUT2D eigenvalue weighted by atomic mass is 9.33. The lowest BCUT2D eigenvalue weighted by Crippen LogP contribution is -2.69. The quantitative estimate of drug-likeness (QED) is 0.302. The Morgan fingerprint density at radius 1 is 0.974 bits per heavy atom. The van der Waals surface area contributed by atoms with E-state index in [0.717, 1.165) is 31.6 Å². The van der Waals surface area contributed by atoms with Gasteiger partial charge in [-0.2, -0.15) is 5.26 Å². The molecule has 1 aliphatic heterocycles. The molecule has 5 heteroatoms. The van der Waals surface area contributed by atoms with Crippen molar-refractivity contribution >= 4 is 12.1 Å². The van der Waals surface area contributed by atoms with Crippen molar-refractivity contribution in [1.29, 1.82) is 5.26 Å². The van der Waals surface area contributed by atoms with Gasteiger partial charge in [0.2, 0.25) is 0 Å². The maximum atomic E-state index is 12.7. The van der Waals surface area contributed by atoms with E-state index in [4.69, 9.17) is 0 Å². The molecule has 5 nitrogen and oxygen atoms in total. The molecule has 0 N–H and O–H groups in total. The van der Waals surface area contributed by atoms with Crippen molar-refractivity contribution in [3.8, 4) is 6.07 Å². The average molecular weight is 529 g/mol. The molecule has 2 heterocycles. The number of anilines is 1. The Bertz CT molecular complexity index is 1220. The predicted octanol–water partition coefficient (Wildman–Crippen LogP) is 7.37. The van der Waals surface area contributed by atoms with Crippen LogP contribution in [0.1, 0.15) is 105 Å². The third kappa shape index (κ3) is 3.39. The molecule has 210 valence electrons. The molecule has 5 aliphatic rings. The molecule has 1 saturated heterocycles. The minimum atomic E-state index is -0.118. The summed E-state index contributed by atoms with van der Waals surface area (Å²) in [4.78, 5) is 15.2. The minimum Gasteiger partial charge on any atom is -0.350 e. The van der Waals surface area contributed by atoms with Crippen molar-refractivity contribution in [2.45, 2.75) is 105 Å². The van der Waals surface area contributed by atoms with Gasteiger partial charge in [0.1, 0.15) is 12.4 Å². The van der Waals surface area contributed by atoms with E-state index in [0.29, 0.717) is 35.3 Å². The fraction of sp³-hybridized carbons (Fsp3) is 0.765. The molecule has 0 spiro atoms. The monoisotopic (exact) mass is 528 g/mol. The molecule has 0 bridgehead atoms. The summed E-state index contributed by atoms with van der Waals surface area (Å²) in [7, 11) is 0. The van der Waals surface area contributed by atoms with E-state index in [1.54, 1.807) is 6.07 Å². The van der Waals surface area contributed by atoms with Crippen molar-refractivity contribution in [1.82, 2.24) is 10.2 Å². The third-order valence-corrected chi connectivity index (χ3v) is 14.1. The summed E-state index contributed by atoms with van der Waals surface area (Å²) in [6.45, 7) is 20.4. The lowest BCUT2D eigenvalue weighted by Gasteiger charge is -2.73. The zero-order valence-corrected chi connectivity index (χ0v) is 25.1. The zero-order chi connectivity index (χ0) is 28.0. The van der Waals surface area contributed by atoms with Crippen molar-refractivity contribution < 1.29 is 4.79 Å². The summed E-state index contributed by atoms with van der Waals surface area (Å²) in [5.41, 5.74) is 2.33. The molecule has 5 fully saturated rings. The van der Waals surface area contributed by atoms with E-state index in [-0.39, 0.29) is 27.2 Å². The molecule has 39 heavy (non-hydrogen) atoms. The number of nitriles is 1.